The van der Waals surface area contributed by atoms with Gasteiger partial charge in [0.15, 0.2) is 5.82 Å². The number of thiazole rings is 1. The summed E-state index contributed by atoms with van der Waals surface area (Å²) in [6, 6.07) is 11.9. The average Bonchev–Trinajstić information content (AvgIpc) is 3.84. The predicted molar refractivity (Wildman–Crippen MR) is 237 cm³/mol. The Morgan fingerprint density at radius 1 is 0.952 bits per heavy atom. The Morgan fingerprint density at radius 3 is 2.45 bits per heavy atom. The summed E-state index contributed by atoms with van der Waals surface area (Å²) in [4.78, 5) is 58.3. The van der Waals surface area contributed by atoms with Crippen LogP contribution in [0.2, 0.25) is 0 Å². The molecule has 4 aliphatic heterocycles. The summed E-state index contributed by atoms with van der Waals surface area (Å²) in [5.41, 5.74) is 10.1. The van der Waals surface area contributed by atoms with Crippen LogP contribution in [0.1, 0.15) is 104 Å². The number of imide groups is 1. The number of nitrogens with zero attached hydrogens (tertiary/aromatic N) is 6. The van der Waals surface area contributed by atoms with Crippen molar-refractivity contribution in [1.29, 1.82) is 0 Å². The Balaban J connectivity index is 0.791. The molecule has 3 saturated heterocycles. The minimum absolute atomic E-state index is 0.104. The van der Waals surface area contributed by atoms with Gasteiger partial charge in [-0.2, -0.15) is 0 Å². The number of amides is 3. The summed E-state index contributed by atoms with van der Waals surface area (Å²) < 4.78 is 43.7. The highest BCUT2D eigenvalue weighted by Crippen LogP contribution is 2.51. The maximum Gasteiger partial charge on any atom is 0.255 e. The smallest absolute Gasteiger partial charge is 0.255 e. The molecule has 62 heavy (non-hydrogen) atoms. The van der Waals surface area contributed by atoms with Crippen LogP contribution in [0.3, 0.4) is 0 Å². The molecule has 3 amide bonds. The first kappa shape index (κ1) is 42.3. The van der Waals surface area contributed by atoms with Crippen LogP contribution in [0, 0.1) is 17.2 Å². The van der Waals surface area contributed by atoms with E-state index in [0.29, 0.717) is 52.5 Å². The lowest BCUT2D eigenvalue weighted by molar-refractivity contribution is -0.136. The number of halogens is 1. The zero-order chi connectivity index (χ0) is 43.2. The van der Waals surface area contributed by atoms with E-state index in [9.17, 15) is 22.8 Å². The zero-order valence-electron chi connectivity index (χ0n) is 35.1. The van der Waals surface area contributed by atoms with Crippen LogP contribution < -0.4 is 20.7 Å². The predicted octanol–water partition coefficient (Wildman–Crippen LogP) is 6.56. The number of carbonyl (C=O) groups excluding carboxylic acids is 3. The molecule has 2 aromatic carbocycles. The molecule has 6 heterocycles. The molecule has 5 aliphatic rings. The van der Waals surface area contributed by atoms with E-state index in [1.165, 1.54) is 30.2 Å². The van der Waals surface area contributed by atoms with Gasteiger partial charge in [0.1, 0.15) is 6.04 Å². The molecular formula is C45H54FN9O5S2. The Morgan fingerprint density at radius 2 is 1.73 bits per heavy atom. The second-order valence-electron chi connectivity index (χ2n) is 17.9. The van der Waals surface area contributed by atoms with Crippen LogP contribution in [0.15, 0.2) is 48.7 Å². The van der Waals surface area contributed by atoms with Crippen molar-refractivity contribution in [3.8, 4) is 21.8 Å². The lowest BCUT2D eigenvalue weighted by atomic mass is 9.65. The number of aromatic nitrogens is 3. The van der Waals surface area contributed by atoms with Gasteiger partial charge in [0.05, 0.1) is 32.7 Å². The molecule has 0 bridgehead atoms. The largest absolute Gasteiger partial charge is 0.372 e. The van der Waals surface area contributed by atoms with Crippen molar-refractivity contribution in [2.24, 2.45) is 11.3 Å². The van der Waals surface area contributed by atoms with E-state index in [1.54, 1.807) is 36.2 Å². The van der Waals surface area contributed by atoms with Gasteiger partial charge in [-0.05, 0) is 131 Å². The standard InChI is InChI=1S/C45H54FN9O5S2/c1-2-24-62(59,60)52-34-5-3-4-33(38(34)46)39-40(35-12-19-48-44(47)49-35)61-42(51-39)29-10-15-45(16-11-29)17-22-53(23-18-45)26-28-13-20-54(21-14-28)31-6-7-32-30(25-31)27-55(43(32)58)36-8-9-37(56)50-41(36)57/h3-7,12,19,25,28-29,36,52H,2,8-11,13-18,20-24,26-27H2,1H3,(H2,47,48,49)(H,50,56,57)/t36-/m1/s1. The van der Waals surface area contributed by atoms with Crippen LogP contribution in [-0.4, -0.2) is 95.4 Å². The molecule has 9 rings (SSSR count). The fourth-order valence-corrected chi connectivity index (χ4v) is 12.7. The van der Waals surface area contributed by atoms with Crippen molar-refractivity contribution >= 4 is 56.4 Å². The molecule has 14 nitrogen and oxygen atoms in total. The highest BCUT2D eigenvalue weighted by atomic mass is 32.2. The number of sulfonamides is 1. The third-order valence-corrected chi connectivity index (χ3v) is 16.6. The van der Waals surface area contributed by atoms with Crippen LogP contribution in [0.25, 0.3) is 21.8 Å². The summed E-state index contributed by atoms with van der Waals surface area (Å²) in [5, 5.41) is 3.32. The third kappa shape index (κ3) is 8.67. The molecule has 17 heteroatoms. The number of carbonyl (C=O) groups is 3. The number of nitrogens with one attached hydrogen (secondary N) is 2. The summed E-state index contributed by atoms with van der Waals surface area (Å²) in [6.45, 7) is 7.40. The van der Waals surface area contributed by atoms with E-state index in [-0.39, 0.29) is 53.0 Å². The van der Waals surface area contributed by atoms with Crippen molar-refractivity contribution in [1.82, 2.24) is 30.1 Å². The minimum Gasteiger partial charge on any atom is -0.372 e. The molecule has 1 aliphatic carbocycles. The Bertz CT molecular complexity index is 2470. The molecule has 1 atom stereocenters. The summed E-state index contributed by atoms with van der Waals surface area (Å²) in [5.74, 6) is -0.618. The number of hydrogen-bond acceptors (Lipinski definition) is 12. The first-order valence-corrected chi connectivity index (χ1v) is 24.5. The summed E-state index contributed by atoms with van der Waals surface area (Å²) >= 11 is 1.51. The van der Waals surface area contributed by atoms with E-state index in [4.69, 9.17) is 10.7 Å². The molecule has 2 aromatic heterocycles. The number of anilines is 3. The number of benzene rings is 2. The normalized spacial score (nSPS) is 21.4. The van der Waals surface area contributed by atoms with E-state index in [0.717, 1.165) is 87.5 Å². The van der Waals surface area contributed by atoms with Gasteiger partial charge in [-0.3, -0.25) is 24.4 Å². The number of rotatable bonds is 11. The van der Waals surface area contributed by atoms with Crippen molar-refractivity contribution in [3.63, 3.8) is 0 Å². The minimum atomic E-state index is -3.70. The lowest BCUT2D eigenvalue weighted by Gasteiger charge is -2.46. The monoisotopic (exact) mass is 883 g/mol. The quantitative estimate of drug-likeness (QED) is 0.139. The van der Waals surface area contributed by atoms with E-state index in [1.807, 2.05) is 12.1 Å². The number of fused-ring (bicyclic) bond motifs is 1. The fourth-order valence-electron chi connectivity index (χ4n) is 10.3. The number of piperidine rings is 3. The van der Waals surface area contributed by atoms with Gasteiger partial charge in [0.2, 0.25) is 27.8 Å². The third-order valence-electron chi connectivity index (χ3n) is 13.9. The number of nitrogen functional groups attached to an aromatic ring is 1. The molecule has 0 radical (unpaired) electrons. The maximum atomic E-state index is 16.1. The van der Waals surface area contributed by atoms with Gasteiger partial charge in [-0.25, -0.2) is 27.8 Å². The van der Waals surface area contributed by atoms with Crippen molar-refractivity contribution in [2.75, 3.05) is 53.8 Å². The molecule has 0 unspecified atom stereocenters. The molecule has 4 N–H and O–H groups in total. The molecule has 4 fully saturated rings. The molecule has 1 saturated carbocycles. The van der Waals surface area contributed by atoms with Gasteiger partial charge in [-0.15, -0.1) is 11.3 Å². The van der Waals surface area contributed by atoms with Gasteiger partial charge >= 0.3 is 0 Å². The van der Waals surface area contributed by atoms with E-state index >= 15 is 4.39 Å². The summed E-state index contributed by atoms with van der Waals surface area (Å²) in [7, 11) is -3.70. The average molecular weight is 884 g/mol. The van der Waals surface area contributed by atoms with Gasteiger partial charge in [-0.1, -0.05) is 13.0 Å². The number of nitrogens with two attached hydrogens (primary N) is 1. The molecule has 4 aromatic rings. The fraction of sp³-hybridized carbons (Fsp3) is 0.511. The SMILES string of the molecule is CCCS(=O)(=O)Nc1cccc(-c2nc(C3CCC4(CC3)CCN(CC3CCN(c5ccc6c(c5)CN([C@@H]5CCC(=O)NC5=O)C6=O)CC3)CC4)sc2-c2ccnc(N)n2)c1F. The van der Waals surface area contributed by atoms with Crippen LogP contribution in [0.4, 0.5) is 21.7 Å². The number of hydrogen-bond donors (Lipinski definition) is 3. The van der Waals surface area contributed by atoms with Crippen molar-refractivity contribution < 1.29 is 27.2 Å². The van der Waals surface area contributed by atoms with Crippen LogP contribution in [-0.2, 0) is 26.2 Å². The Labute approximate surface area is 365 Å². The molecular weight excluding hydrogens is 830 g/mol. The van der Waals surface area contributed by atoms with Crippen LogP contribution >= 0.6 is 11.3 Å². The van der Waals surface area contributed by atoms with Crippen LogP contribution in [0.5, 0.6) is 0 Å². The topological polar surface area (TPSA) is 184 Å². The van der Waals surface area contributed by atoms with Crippen molar-refractivity contribution in [3.05, 3.63) is 70.6 Å². The first-order valence-electron chi connectivity index (χ1n) is 22.0. The summed E-state index contributed by atoms with van der Waals surface area (Å²) in [6.07, 6.45) is 11.4. The highest BCUT2D eigenvalue weighted by Gasteiger charge is 2.41. The Hall–Kier alpha value is -5.00. The van der Waals surface area contributed by atoms with Gasteiger partial charge in [0, 0.05) is 61.5 Å². The number of likely N-dealkylation sites (tertiary alicyclic amines) is 1. The lowest BCUT2D eigenvalue weighted by Crippen LogP contribution is -2.52. The second kappa shape index (κ2) is 17.3. The van der Waals surface area contributed by atoms with E-state index < -0.39 is 21.9 Å². The van der Waals surface area contributed by atoms with Gasteiger partial charge in [0.25, 0.3) is 5.91 Å². The van der Waals surface area contributed by atoms with Gasteiger partial charge < -0.3 is 20.4 Å². The zero-order valence-corrected chi connectivity index (χ0v) is 36.7. The van der Waals surface area contributed by atoms with E-state index in [2.05, 4.69) is 35.9 Å². The maximum absolute atomic E-state index is 16.1. The molecule has 1 spiro atoms. The first-order chi connectivity index (χ1) is 29.9. The Kier molecular flexibility index (Phi) is 11.8. The van der Waals surface area contributed by atoms with Crippen molar-refractivity contribution in [2.45, 2.75) is 96.1 Å². The second-order valence-corrected chi connectivity index (χ2v) is 20.7. The molecule has 328 valence electrons. The highest BCUT2D eigenvalue weighted by molar-refractivity contribution is 7.92.